The summed E-state index contributed by atoms with van der Waals surface area (Å²) >= 11 is 0. The van der Waals surface area contributed by atoms with Crippen LogP contribution in [0.3, 0.4) is 0 Å². The van der Waals surface area contributed by atoms with Gasteiger partial charge in [0.2, 0.25) is 0 Å². The van der Waals surface area contributed by atoms with Crippen molar-refractivity contribution >= 4 is 22.7 Å². The number of hydrogen-bond acceptors (Lipinski definition) is 4. The fraction of sp³-hybridized carbons (Fsp3) is 0.250. The van der Waals surface area contributed by atoms with Crippen molar-refractivity contribution in [1.29, 1.82) is 0 Å². The summed E-state index contributed by atoms with van der Waals surface area (Å²) in [7, 11) is 0. The molecule has 0 heterocycles. The van der Waals surface area contributed by atoms with Crippen LogP contribution < -0.4 is 22.9 Å². The number of anilines is 4. The van der Waals surface area contributed by atoms with E-state index in [1.807, 2.05) is 24.3 Å². The maximum atomic E-state index is 6.13. The van der Waals surface area contributed by atoms with Gasteiger partial charge in [-0.25, -0.2) is 0 Å². The highest BCUT2D eigenvalue weighted by Gasteiger charge is 2.15. The van der Waals surface area contributed by atoms with Gasteiger partial charge in [-0.2, -0.15) is 0 Å². The van der Waals surface area contributed by atoms with E-state index in [9.17, 15) is 0 Å². The largest absolute Gasteiger partial charge is 0.399 e. The van der Waals surface area contributed by atoms with Crippen LogP contribution in [0.4, 0.5) is 22.7 Å². The standard InChI is InChI=1S/2C16H20N2/c2*1-9-11(3)16(18)12(4)10(2)15(9)13-5-7-14(17)8-6-13/h2*5-8H,17-18H2,1-4H3. The molecule has 4 aromatic carbocycles. The Bertz CT molecular complexity index is 1240. The van der Waals surface area contributed by atoms with Gasteiger partial charge in [-0.15, -0.1) is 0 Å². The zero-order valence-corrected chi connectivity index (χ0v) is 22.9. The summed E-state index contributed by atoms with van der Waals surface area (Å²) in [6, 6.07) is 16.0. The molecule has 0 radical (unpaired) electrons. The van der Waals surface area contributed by atoms with Crippen LogP contribution in [0.15, 0.2) is 48.5 Å². The Labute approximate surface area is 216 Å². The number of rotatable bonds is 2. The average molecular weight is 481 g/mol. The van der Waals surface area contributed by atoms with E-state index >= 15 is 0 Å². The molecule has 0 aliphatic rings. The third-order valence-corrected chi connectivity index (χ3v) is 7.76. The molecular weight excluding hydrogens is 440 g/mol. The van der Waals surface area contributed by atoms with Crippen LogP contribution in [-0.2, 0) is 0 Å². The second-order valence-corrected chi connectivity index (χ2v) is 9.82. The van der Waals surface area contributed by atoms with Crippen LogP contribution in [0.5, 0.6) is 0 Å². The highest BCUT2D eigenvalue weighted by atomic mass is 14.6. The van der Waals surface area contributed by atoms with Crippen molar-refractivity contribution in [3.05, 3.63) is 93.0 Å². The Morgan fingerprint density at radius 3 is 0.778 bits per heavy atom. The van der Waals surface area contributed by atoms with Gasteiger partial charge in [0.25, 0.3) is 0 Å². The lowest BCUT2D eigenvalue weighted by Crippen LogP contribution is -2.02. The number of hydrogen-bond donors (Lipinski definition) is 4. The van der Waals surface area contributed by atoms with Gasteiger partial charge in [0.1, 0.15) is 0 Å². The lowest BCUT2D eigenvalue weighted by molar-refractivity contribution is 1.25. The normalized spacial score (nSPS) is 10.7. The van der Waals surface area contributed by atoms with Gasteiger partial charge in [0.15, 0.2) is 0 Å². The Kier molecular flexibility index (Phi) is 7.68. The van der Waals surface area contributed by atoms with E-state index in [4.69, 9.17) is 22.9 Å². The predicted octanol–water partition coefficient (Wildman–Crippen LogP) is 7.50. The first-order valence-corrected chi connectivity index (χ1v) is 12.3. The molecule has 4 heteroatoms. The Morgan fingerprint density at radius 1 is 0.333 bits per heavy atom. The van der Waals surface area contributed by atoms with Crippen LogP contribution in [0.1, 0.15) is 44.5 Å². The highest BCUT2D eigenvalue weighted by molar-refractivity contribution is 5.80. The Balaban J connectivity index is 0.000000201. The minimum atomic E-state index is 0.790. The fourth-order valence-corrected chi connectivity index (χ4v) is 4.85. The predicted molar refractivity (Wildman–Crippen MR) is 159 cm³/mol. The molecule has 0 spiro atoms. The van der Waals surface area contributed by atoms with Gasteiger partial charge < -0.3 is 22.9 Å². The minimum Gasteiger partial charge on any atom is -0.399 e. The molecule has 0 fully saturated rings. The van der Waals surface area contributed by atoms with E-state index in [1.165, 1.54) is 66.8 Å². The van der Waals surface area contributed by atoms with Crippen molar-refractivity contribution in [3.63, 3.8) is 0 Å². The lowest BCUT2D eigenvalue weighted by Gasteiger charge is -2.18. The van der Waals surface area contributed by atoms with Gasteiger partial charge in [0, 0.05) is 22.7 Å². The molecule has 0 aliphatic heterocycles. The van der Waals surface area contributed by atoms with E-state index in [-0.39, 0.29) is 0 Å². The molecule has 0 aliphatic carbocycles. The van der Waals surface area contributed by atoms with Gasteiger partial charge >= 0.3 is 0 Å². The summed E-state index contributed by atoms with van der Waals surface area (Å²) < 4.78 is 0. The molecule has 0 atom stereocenters. The number of nitrogen functional groups attached to an aromatic ring is 4. The van der Waals surface area contributed by atoms with Crippen molar-refractivity contribution < 1.29 is 0 Å². The zero-order chi connectivity index (χ0) is 26.9. The average Bonchev–Trinajstić information content (AvgIpc) is 2.87. The third kappa shape index (κ3) is 4.90. The quantitative estimate of drug-likeness (QED) is 0.223. The molecule has 4 nitrogen and oxygen atoms in total. The first-order chi connectivity index (χ1) is 16.9. The molecule has 4 aromatic rings. The van der Waals surface area contributed by atoms with Crippen LogP contribution >= 0.6 is 0 Å². The van der Waals surface area contributed by atoms with Crippen LogP contribution in [0, 0.1) is 55.4 Å². The summed E-state index contributed by atoms with van der Waals surface area (Å²) in [5, 5.41) is 0. The molecule has 0 saturated carbocycles. The SMILES string of the molecule is Cc1c(C)c(-c2ccc(N)cc2)c(C)c(C)c1N.Cc1c(C)c(-c2ccc(N)cc2)c(C)c(C)c1N. The van der Waals surface area contributed by atoms with Gasteiger partial charge in [-0.3, -0.25) is 0 Å². The lowest BCUT2D eigenvalue weighted by atomic mass is 9.88. The number of benzene rings is 4. The molecule has 0 saturated heterocycles. The van der Waals surface area contributed by atoms with Crippen LogP contribution in [0.2, 0.25) is 0 Å². The van der Waals surface area contributed by atoms with Crippen molar-refractivity contribution in [3.8, 4) is 22.3 Å². The second kappa shape index (κ2) is 10.4. The maximum Gasteiger partial charge on any atom is 0.0379 e. The van der Waals surface area contributed by atoms with Crippen molar-refractivity contribution in [1.82, 2.24) is 0 Å². The molecule has 0 amide bonds. The Morgan fingerprint density at radius 2 is 0.556 bits per heavy atom. The molecule has 4 rings (SSSR count). The Hall–Kier alpha value is -3.92. The number of nitrogens with two attached hydrogens (primary N) is 4. The summed E-state index contributed by atoms with van der Waals surface area (Å²) in [5.74, 6) is 0. The molecule has 8 N–H and O–H groups in total. The monoisotopic (exact) mass is 480 g/mol. The van der Waals surface area contributed by atoms with Crippen molar-refractivity contribution in [2.75, 3.05) is 22.9 Å². The van der Waals surface area contributed by atoms with E-state index in [1.54, 1.807) is 0 Å². The molecule has 0 bridgehead atoms. The maximum absolute atomic E-state index is 6.13. The second-order valence-electron chi connectivity index (χ2n) is 9.82. The smallest absolute Gasteiger partial charge is 0.0379 e. The highest BCUT2D eigenvalue weighted by Crippen LogP contribution is 2.37. The minimum absolute atomic E-state index is 0.790. The fourth-order valence-electron chi connectivity index (χ4n) is 4.85. The molecule has 188 valence electrons. The van der Waals surface area contributed by atoms with E-state index < -0.39 is 0 Å². The van der Waals surface area contributed by atoms with E-state index in [2.05, 4.69) is 79.7 Å². The van der Waals surface area contributed by atoms with Crippen LogP contribution in [0.25, 0.3) is 22.3 Å². The first-order valence-electron chi connectivity index (χ1n) is 12.3. The molecule has 0 aromatic heterocycles. The van der Waals surface area contributed by atoms with E-state index in [0.29, 0.717) is 0 Å². The zero-order valence-electron chi connectivity index (χ0n) is 22.9. The first kappa shape index (κ1) is 26.7. The summed E-state index contributed by atoms with van der Waals surface area (Å²) in [4.78, 5) is 0. The molecule has 0 unspecified atom stereocenters. The van der Waals surface area contributed by atoms with Crippen molar-refractivity contribution in [2.24, 2.45) is 0 Å². The summed E-state index contributed by atoms with van der Waals surface area (Å²) in [6.45, 7) is 16.8. The molecular formula is C32H40N4. The summed E-state index contributed by atoms with van der Waals surface area (Å²) in [6.07, 6.45) is 0. The third-order valence-electron chi connectivity index (χ3n) is 7.76. The van der Waals surface area contributed by atoms with Crippen LogP contribution in [-0.4, -0.2) is 0 Å². The van der Waals surface area contributed by atoms with Gasteiger partial charge in [0.05, 0.1) is 0 Å². The van der Waals surface area contributed by atoms with Gasteiger partial charge in [-0.1, -0.05) is 24.3 Å². The summed E-state index contributed by atoms with van der Waals surface area (Å²) in [5.41, 5.74) is 41.8. The topological polar surface area (TPSA) is 104 Å². The van der Waals surface area contributed by atoms with Crippen molar-refractivity contribution in [2.45, 2.75) is 55.4 Å². The van der Waals surface area contributed by atoms with Gasteiger partial charge in [-0.05, 0) is 146 Å². The molecule has 36 heavy (non-hydrogen) atoms. The van der Waals surface area contributed by atoms with E-state index in [0.717, 1.165) is 22.7 Å².